The lowest BCUT2D eigenvalue weighted by molar-refractivity contribution is -0.141. The Kier molecular flexibility index (Phi) is 4.45. The molecule has 7 nitrogen and oxygen atoms in total. The predicted octanol–water partition coefficient (Wildman–Crippen LogP) is 1.34. The number of guanidine groups is 1. The molecular formula is C16H19N3O4. The molecule has 3 rings (SSSR count). The number of hydrogen-bond acceptors (Lipinski definition) is 6. The molecule has 0 aromatic heterocycles. The molecule has 0 spiro atoms. The van der Waals surface area contributed by atoms with Crippen molar-refractivity contribution in [3.63, 3.8) is 0 Å². The Balaban J connectivity index is 1.51. The molecule has 1 amide bonds. The summed E-state index contributed by atoms with van der Waals surface area (Å²) < 4.78 is 10.6. The number of rotatable bonds is 6. The maximum atomic E-state index is 11.4. The molecule has 122 valence electrons. The van der Waals surface area contributed by atoms with Crippen molar-refractivity contribution in [2.75, 3.05) is 19.8 Å². The topological polar surface area (TPSA) is 80.2 Å². The Hall–Kier alpha value is -2.57. The third-order valence-electron chi connectivity index (χ3n) is 3.64. The summed E-state index contributed by atoms with van der Waals surface area (Å²) >= 11 is 0. The molecule has 0 bridgehead atoms. The molecular weight excluding hydrogens is 298 g/mol. The Labute approximate surface area is 134 Å². The monoisotopic (exact) mass is 317 g/mol. The van der Waals surface area contributed by atoms with Crippen LogP contribution < -0.4 is 10.1 Å². The summed E-state index contributed by atoms with van der Waals surface area (Å²) in [6.45, 7) is 3.39. The molecule has 1 N–H and O–H groups in total. The van der Waals surface area contributed by atoms with Gasteiger partial charge in [-0.2, -0.15) is 0 Å². The van der Waals surface area contributed by atoms with Crippen molar-refractivity contribution in [2.24, 2.45) is 4.99 Å². The number of esters is 1. The van der Waals surface area contributed by atoms with Crippen LogP contribution in [0.2, 0.25) is 0 Å². The molecule has 7 heteroatoms. The molecule has 0 unspecified atom stereocenters. The van der Waals surface area contributed by atoms with Crippen molar-refractivity contribution in [3.05, 3.63) is 23.8 Å². The standard InChI is InChI=1S/C16H19N3O4/c1-11(20)22-6-2-3-7-23-13-4-5-14-12(8-13)9-19-10-15(21)18-16(19)17-14/h4-5,8H,2-3,6-7,9-10H2,1H3,(H,17,18,21). The second-order valence-electron chi connectivity index (χ2n) is 5.53. The highest BCUT2D eigenvalue weighted by Crippen LogP contribution is 2.30. The molecule has 2 aliphatic heterocycles. The van der Waals surface area contributed by atoms with Crippen LogP contribution in [-0.4, -0.2) is 42.5 Å². The number of ether oxygens (including phenoxy) is 2. The number of hydrogen-bond donors (Lipinski definition) is 1. The van der Waals surface area contributed by atoms with Crippen LogP contribution in [0.3, 0.4) is 0 Å². The third kappa shape index (κ3) is 3.80. The van der Waals surface area contributed by atoms with Gasteiger partial charge in [-0.25, -0.2) is 4.99 Å². The first kappa shape index (κ1) is 15.3. The summed E-state index contributed by atoms with van der Waals surface area (Å²) in [7, 11) is 0. The minimum absolute atomic E-state index is 0.0270. The molecule has 1 saturated heterocycles. The largest absolute Gasteiger partial charge is 0.494 e. The number of amides is 1. The lowest BCUT2D eigenvalue weighted by atomic mass is 10.1. The molecule has 0 aliphatic carbocycles. The number of unbranched alkanes of at least 4 members (excludes halogenated alkanes) is 1. The first-order chi connectivity index (χ1) is 11.1. The number of benzene rings is 1. The van der Waals surface area contributed by atoms with Crippen molar-refractivity contribution >= 4 is 23.5 Å². The van der Waals surface area contributed by atoms with Crippen LogP contribution in [0.4, 0.5) is 5.69 Å². The quantitative estimate of drug-likeness (QED) is 0.632. The van der Waals surface area contributed by atoms with Gasteiger partial charge < -0.3 is 14.4 Å². The summed E-state index contributed by atoms with van der Waals surface area (Å²) in [5.74, 6) is 1.13. The third-order valence-corrected chi connectivity index (χ3v) is 3.64. The Morgan fingerprint density at radius 1 is 1.30 bits per heavy atom. The van der Waals surface area contributed by atoms with Crippen LogP contribution >= 0.6 is 0 Å². The maximum absolute atomic E-state index is 11.4. The average Bonchev–Trinajstić information content (AvgIpc) is 2.86. The van der Waals surface area contributed by atoms with Gasteiger partial charge in [0.25, 0.3) is 0 Å². The van der Waals surface area contributed by atoms with Crippen LogP contribution in [0.25, 0.3) is 0 Å². The zero-order chi connectivity index (χ0) is 16.2. The van der Waals surface area contributed by atoms with Crippen molar-refractivity contribution in [3.8, 4) is 5.75 Å². The fourth-order valence-corrected chi connectivity index (χ4v) is 2.54. The molecule has 0 saturated carbocycles. The van der Waals surface area contributed by atoms with E-state index in [2.05, 4.69) is 10.3 Å². The van der Waals surface area contributed by atoms with E-state index in [4.69, 9.17) is 9.47 Å². The van der Waals surface area contributed by atoms with E-state index in [-0.39, 0.29) is 11.9 Å². The molecule has 0 atom stereocenters. The zero-order valence-corrected chi connectivity index (χ0v) is 13.0. The fraction of sp³-hybridized carbons (Fsp3) is 0.438. The van der Waals surface area contributed by atoms with Gasteiger partial charge in [0.1, 0.15) is 12.3 Å². The smallest absolute Gasteiger partial charge is 0.302 e. The van der Waals surface area contributed by atoms with Crippen LogP contribution in [-0.2, 0) is 20.9 Å². The molecule has 2 aliphatic rings. The number of nitrogens with one attached hydrogen (secondary N) is 1. The van der Waals surface area contributed by atoms with Crippen molar-refractivity contribution in [2.45, 2.75) is 26.3 Å². The summed E-state index contributed by atoms with van der Waals surface area (Å²) in [6.07, 6.45) is 1.59. The highest BCUT2D eigenvalue weighted by molar-refractivity contribution is 6.05. The average molecular weight is 317 g/mol. The van der Waals surface area contributed by atoms with E-state index in [0.717, 1.165) is 29.8 Å². The summed E-state index contributed by atoms with van der Waals surface area (Å²) in [5, 5.41) is 2.74. The molecule has 2 heterocycles. The van der Waals surface area contributed by atoms with E-state index in [1.165, 1.54) is 6.92 Å². The lowest BCUT2D eigenvalue weighted by Gasteiger charge is -2.23. The number of aliphatic imine (C=N–C) groups is 1. The van der Waals surface area contributed by atoms with Crippen LogP contribution in [0.15, 0.2) is 23.2 Å². The lowest BCUT2D eigenvalue weighted by Crippen LogP contribution is -2.31. The van der Waals surface area contributed by atoms with Crippen molar-refractivity contribution in [1.82, 2.24) is 10.2 Å². The predicted molar refractivity (Wildman–Crippen MR) is 83.5 cm³/mol. The van der Waals surface area contributed by atoms with Crippen molar-refractivity contribution < 1.29 is 19.1 Å². The minimum atomic E-state index is -0.254. The maximum Gasteiger partial charge on any atom is 0.302 e. The van der Waals surface area contributed by atoms with E-state index in [1.807, 2.05) is 23.1 Å². The Morgan fingerprint density at radius 2 is 2.13 bits per heavy atom. The van der Waals surface area contributed by atoms with E-state index in [1.54, 1.807) is 0 Å². The van der Waals surface area contributed by atoms with Gasteiger partial charge in [0, 0.05) is 19.0 Å². The summed E-state index contributed by atoms with van der Waals surface area (Å²) in [5.41, 5.74) is 1.91. The van der Waals surface area contributed by atoms with Gasteiger partial charge in [0.2, 0.25) is 11.9 Å². The highest BCUT2D eigenvalue weighted by Gasteiger charge is 2.29. The Bertz CT molecular complexity index is 657. The van der Waals surface area contributed by atoms with Crippen LogP contribution in [0, 0.1) is 0 Å². The number of fused-ring (bicyclic) bond motifs is 2. The molecule has 1 fully saturated rings. The molecule has 1 aromatic rings. The normalized spacial score (nSPS) is 15.4. The van der Waals surface area contributed by atoms with Gasteiger partial charge in [0.15, 0.2) is 0 Å². The van der Waals surface area contributed by atoms with Gasteiger partial charge in [0.05, 0.1) is 18.9 Å². The fourth-order valence-electron chi connectivity index (χ4n) is 2.54. The van der Waals surface area contributed by atoms with Gasteiger partial charge in [-0.1, -0.05) is 0 Å². The van der Waals surface area contributed by atoms with E-state index in [0.29, 0.717) is 32.3 Å². The van der Waals surface area contributed by atoms with Gasteiger partial charge >= 0.3 is 5.97 Å². The first-order valence-corrected chi connectivity index (χ1v) is 7.64. The van der Waals surface area contributed by atoms with Crippen molar-refractivity contribution in [1.29, 1.82) is 0 Å². The molecule has 23 heavy (non-hydrogen) atoms. The second kappa shape index (κ2) is 6.68. The van der Waals surface area contributed by atoms with E-state index < -0.39 is 0 Å². The van der Waals surface area contributed by atoms with E-state index in [9.17, 15) is 9.59 Å². The summed E-state index contributed by atoms with van der Waals surface area (Å²) in [6, 6.07) is 5.74. The minimum Gasteiger partial charge on any atom is -0.494 e. The first-order valence-electron chi connectivity index (χ1n) is 7.64. The number of carbonyl (C=O) groups is 2. The molecule has 0 radical (unpaired) electrons. The summed E-state index contributed by atoms with van der Waals surface area (Å²) in [4.78, 5) is 28.4. The molecule has 1 aromatic carbocycles. The van der Waals surface area contributed by atoms with Crippen LogP contribution in [0.1, 0.15) is 25.3 Å². The van der Waals surface area contributed by atoms with Gasteiger partial charge in [-0.3, -0.25) is 14.9 Å². The number of nitrogens with zero attached hydrogens (tertiary/aromatic N) is 2. The zero-order valence-electron chi connectivity index (χ0n) is 13.0. The Morgan fingerprint density at radius 3 is 2.96 bits per heavy atom. The van der Waals surface area contributed by atoms with Gasteiger partial charge in [-0.15, -0.1) is 0 Å². The highest BCUT2D eigenvalue weighted by atomic mass is 16.5. The number of carbonyl (C=O) groups excluding carboxylic acids is 2. The van der Waals surface area contributed by atoms with Gasteiger partial charge in [-0.05, 0) is 31.0 Å². The SMILES string of the molecule is CC(=O)OCCCCOc1ccc2c(c1)CN1CC(=O)NC1=N2. The van der Waals surface area contributed by atoms with Crippen LogP contribution in [0.5, 0.6) is 5.75 Å². The second-order valence-corrected chi connectivity index (χ2v) is 5.53. The van der Waals surface area contributed by atoms with E-state index >= 15 is 0 Å².